The number of nitrogens with one attached hydrogen (secondary N) is 1. The molecule has 35 heavy (non-hydrogen) atoms. The van der Waals surface area contributed by atoms with Crippen LogP contribution in [0.2, 0.25) is 0 Å². The second kappa shape index (κ2) is 11.3. The van der Waals surface area contributed by atoms with Crippen LogP contribution in [0.1, 0.15) is 36.1 Å². The van der Waals surface area contributed by atoms with Crippen LogP contribution < -0.4 is 19.1 Å². The minimum Gasteiger partial charge on any atom is -0.507 e. The molecule has 1 atom stereocenters. The maximum absolute atomic E-state index is 13.3. The number of rotatable bonds is 10. The van der Waals surface area contributed by atoms with Gasteiger partial charge in [-0.3, -0.25) is 9.59 Å². The van der Waals surface area contributed by atoms with Crippen molar-refractivity contribution in [3.8, 4) is 17.2 Å². The highest BCUT2D eigenvalue weighted by molar-refractivity contribution is 6.46. The number of Topliss-reactive ketones (excluding diaryl/α,β-unsaturated/α-hetero) is 1. The number of aliphatic hydroxyl groups excluding tert-OH is 1. The van der Waals surface area contributed by atoms with Crippen molar-refractivity contribution in [3.63, 3.8) is 0 Å². The van der Waals surface area contributed by atoms with E-state index in [1.807, 2.05) is 34.0 Å². The number of hydrogen-bond donors (Lipinski definition) is 2. The summed E-state index contributed by atoms with van der Waals surface area (Å²) in [6.45, 7) is 5.39. The molecule has 2 N–H and O–H groups in total. The van der Waals surface area contributed by atoms with Gasteiger partial charge in [0.05, 0.1) is 53.1 Å². The zero-order valence-electron chi connectivity index (χ0n) is 21.3. The Bertz CT molecular complexity index is 1120. The molecule has 188 valence electrons. The van der Waals surface area contributed by atoms with E-state index in [1.165, 1.54) is 4.90 Å². The van der Waals surface area contributed by atoms with Gasteiger partial charge < -0.3 is 29.1 Å². The average Bonchev–Trinajstić information content (AvgIpc) is 3.08. The zero-order chi connectivity index (χ0) is 25.7. The van der Waals surface area contributed by atoms with Gasteiger partial charge >= 0.3 is 0 Å². The number of aliphatic hydroxyl groups is 1. The fraction of sp³-hybridized carbons (Fsp3) is 0.407. The van der Waals surface area contributed by atoms with Crippen LogP contribution >= 0.6 is 0 Å². The number of ketones is 1. The van der Waals surface area contributed by atoms with E-state index in [4.69, 9.17) is 14.2 Å². The quantitative estimate of drug-likeness (QED) is 0.306. The SMILES string of the molecule is CCOc1ccc([C@H]2C(=C(O)c3ccc(OC)cc3C)C(=O)C(=O)N2CCC[NH+](C)C)cc1OC. The topological polar surface area (TPSA) is 89.7 Å². The predicted octanol–water partition coefficient (Wildman–Crippen LogP) is 2.37. The number of amides is 1. The maximum atomic E-state index is 13.3. The van der Waals surface area contributed by atoms with E-state index in [9.17, 15) is 14.7 Å². The highest BCUT2D eigenvalue weighted by atomic mass is 16.5. The first-order chi connectivity index (χ1) is 16.7. The summed E-state index contributed by atoms with van der Waals surface area (Å²) in [7, 11) is 7.18. The van der Waals surface area contributed by atoms with Crippen molar-refractivity contribution >= 4 is 17.4 Å². The first-order valence-electron chi connectivity index (χ1n) is 11.8. The van der Waals surface area contributed by atoms with Gasteiger partial charge in [-0.2, -0.15) is 0 Å². The van der Waals surface area contributed by atoms with E-state index in [0.717, 1.165) is 12.1 Å². The molecule has 0 bridgehead atoms. The van der Waals surface area contributed by atoms with E-state index in [2.05, 4.69) is 0 Å². The summed E-state index contributed by atoms with van der Waals surface area (Å²) >= 11 is 0. The normalized spacial score (nSPS) is 17.2. The molecule has 1 amide bonds. The smallest absolute Gasteiger partial charge is 0.295 e. The Labute approximate surface area is 206 Å². The van der Waals surface area contributed by atoms with E-state index in [-0.39, 0.29) is 11.3 Å². The van der Waals surface area contributed by atoms with E-state index in [1.54, 1.807) is 49.5 Å². The second-order valence-electron chi connectivity index (χ2n) is 8.83. The molecule has 0 unspecified atom stereocenters. The Balaban J connectivity index is 2.16. The summed E-state index contributed by atoms with van der Waals surface area (Å²) in [4.78, 5) is 29.2. The lowest BCUT2D eigenvalue weighted by atomic mass is 9.93. The molecular formula is C27H35N2O6+. The van der Waals surface area contributed by atoms with Gasteiger partial charge in [-0.25, -0.2) is 0 Å². The minimum atomic E-state index is -0.752. The molecule has 0 spiro atoms. The lowest BCUT2D eigenvalue weighted by Crippen LogP contribution is -3.05. The van der Waals surface area contributed by atoms with Crippen LogP contribution in [0.5, 0.6) is 17.2 Å². The van der Waals surface area contributed by atoms with Crippen LogP contribution in [-0.2, 0) is 9.59 Å². The first-order valence-corrected chi connectivity index (χ1v) is 11.8. The molecule has 8 heteroatoms. The monoisotopic (exact) mass is 483 g/mol. The van der Waals surface area contributed by atoms with Gasteiger partial charge in [0, 0.05) is 18.5 Å². The van der Waals surface area contributed by atoms with Crippen molar-refractivity contribution in [2.75, 3.05) is 48.0 Å². The lowest BCUT2D eigenvalue weighted by Gasteiger charge is -2.26. The first kappa shape index (κ1) is 26.1. The van der Waals surface area contributed by atoms with Crippen molar-refractivity contribution in [3.05, 3.63) is 58.7 Å². The molecule has 1 heterocycles. The molecule has 1 saturated heterocycles. The summed E-state index contributed by atoms with van der Waals surface area (Å²) in [6, 6.07) is 9.77. The Kier molecular flexibility index (Phi) is 8.40. The molecule has 3 rings (SSSR count). The number of ether oxygens (including phenoxy) is 3. The Morgan fingerprint density at radius 1 is 1.06 bits per heavy atom. The number of nitrogens with zero attached hydrogens (tertiary/aromatic N) is 1. The van der Waals surface area contributed by atoms with Crippen LogP contribution in [0.3, 0.4) is 0 Å². The summed E-state index contributed by atoms with van der Waals surface area (Å²) < 4.78 is 16.4. The van der Waals surface area contributed by atoms with Crippen molar-refractivity contribution in [1.29, 1.82) is 0 Å². The van der Waals surface area contributed by atoms with Crippen molar-refractivity contribution in [1.82, 2.24) is 4.90 Å². The van der Waals surface area contributed by atoms with Gasteiger partial charge in [0.1, 0.15) is 11.5 Å². The highest BCUT2D eigenvalue weighted by Gasteiger charge is 2.46. The second-order valence-corrected chi connectivity index (χ2v) is 8.83. The largest absolute Gasteiger partial charge is 0.507 e. The average molecular weight is 484 g/mol. The third-order valence-corrected chi connectivity index (χ3v) is 6.11. The molecule has 0 saturated carbocycles. The summed E-state index contributed by atoms with van der Waals surface area (Å²) in [5.41, 5.74) is 1.93. The zero-order valence-corrected chi connectivity index (χ0v) is 21.3. The van der Waals surface area contributed by atoms with Crippen LogP contribution in [0.15, 0.2) is 42.0 Å². The van der Waals surface area contributed by atoms with Crippen molar-refractivity contribution in [2.45, 2.75) is 26.3 Å². The fourth-order valence-electron chi connectivity index (χ4n) is 4.36. The number of methoxy groups -OCH3 is 2. The maximum Gasteiger partial charge on any atom is 0.295 e. The molecule has 1 aliphatic rings. The lowest BCUT2D eigenvalue weighted by molar-refractivity contribution is -0.858. The van der Waals surface area contributed by atoms with Crippen LogP contribution in [-0.4, -0.2) is 69.7 Å². The Morgan fingerprint density at radius 3 is 2.40 bits per heavy atom. The minimum absolute atomic E-state index is 0.0617. The highest BCUT2D eigenvalue weighted by Crippen LogP contribution is 2.42. The Morgan fingerprint density at radius 2 is 1.80 bits per heavy atom. The third kappa shape index (κ3) is 5.43. The van der Waals surface area contributed by atoms with Gasteiger partial charge in [0.2, 0.25) is 0 Å². The number of aryl methyl sites for hydroxylation is 1. The summed E-state index contributed by atoms with van der Waals surface area (Å²) in [5.74, 6) is 0.170. The van der Waals surface area contributed by atoms with E-state index in [0.29, 0.717) is 47.9 Å². The standard InChI is InChI=1S/C27H34N2O6/c1-7-35-21-12-9-18(16-22(21)34-6)24-23(25(30)20-11-10-19(33-5)15-17(20)2)26(31)27(32)29(24)14-8-13-28(3)4/h9-12,15-16,24,30H,7-8,13-14H2,1-6H3/p+1/t24-/m0/s1. The molecule has 1 fully saturated rings. The number of carbonyl (C=O) groups is 2. The number of hydrogen-bond acceptors (Lipinski definition) is 6. The third-order valence-electron chi connectivity index (χ3n) is 6.11. The number of quaternary nitrogens is 1. The molecule has 8 nitrogen and oxygen atoms in total. The molecule has 2 aromatic rings. The van der Waals surface area contributed by atoms with Gasteiger partial charge in [-0.05, 0) is 55.3 Å². The van der Waals surface area contributed by atoms with E-state index < -0.39 is 17.7 Å². The van der Waals surface area contributed by atoms with Gasteiger partial charge in [-0.15, -0.1) is 0 Å². The van der Waals surface area contributed by atoms with Crippen molar-refractivity contribution in [2.24, 2.45) is 0 Å². The molecule has 2 aromatic carbocycles. The van der Waals surface area contributed by atoms with Crippen LogP contribution in [0.25, 0.3) is 5.76 Å². The summed E-state index contributed by atoms with van der Waals surface area (Å²) in [5, 5.41) is 11.4. The van der Waals surface area contributed by atoms with Crippen LogP contribution in [0.4, 0.5) is 0 Å². The Hall–Kier alpha value is -3.52. The van der Waals surface area contributed by atoms with Gasteiger partial charge in [-0.1, -0.05) is 6.07 Å². The molecular weight excluding hydrogens is 448 g/mol. The molecule has 1 aliphatic heterocycles. The molecule has 0 aliphatic carbocycles. The molecule has 0 aromatic heterocycles. The van der Waals surface area contributed by atoms with Crippen molar-refractivity contribution < 1.29 is 33.8 Å². The van der Waals surface area contributed by atoms with Gasteiger partial charge in [0.15, 0.2) is 11.5 Å². The summed E-state index contributed by atoms with van der Waals surface area (Å²) in [6.07, 6.45) is 0.710. The molecule has 0 radical (unpaired) electrons. The van der Waals surface area contributed by atoms with Crippen LogP contribution in [0, 0.1) is 6.92 Å². The fourth-order valence-corrected chi connectivity index (χ4v) is 4.36. The predicted molar refractivity (Wildman–Crippen MR) is 133 cm³/mol. The number of likely N-dealkylation sites (tertiary alicyclic amines) is 1. The number of benzene rings is 2. The van der Waals surface area contributed by atoms with Gasteiger partial charge in [0.25, 0.3) is 11.7 Å². The van der Waals surface area contributed by atoms with E-state index >= 15 is 0 Å². The number of carbonyl (C=O) groups excluding carboxylic acids is 2.